The molecule has 152 valence electrons. The summed E-state index contributed by atoms with van der Waals surface area (Å²) in [7, 11) is -0.750. The van der Waals surface area contributed by atoms with Gasteiger partial charge in [-0.25, -0.2) is 8.42 Å². The molecule has 28 heavy (non-hydrogen) atoms. The Kier molecular flexibility index (Phi) is 7.42. The largest absolute Gasteiger partial charge is 0.497 e. The quantitative estimate of drug-likeness (QED) is 0.690. The van der Waals surface area contributed by atoms with E-state index in [2.05, 4.69) is 5.32 Å². The van der Waals surface area contributed by atoms with Crippen molar-refractivity contribution in [3.05, 3.63) is 54.1 Å². The SMILES string of the molecule is COc1ccc(OC[C@H](C)NC(=O)CN(C)S(=O)(=O)c2ccc(C)cc2)cc1. The Morgan fingerprint density at radius 1 is 1.07 bits per heavy atom. The standard InChI is InChI=1S/C20H26N2O5S/c1-15-5-11-19(12-6-15)28(24,25)22(3)13-20(23)21-16(2)14-27-18-9-7-17(26-4)8-10-18/h5-12,16H,13-14H2,1-4H3,(H,21,23)/t16-/m0/s1. The number of amides is 1. The number of hydrogen-bond acceptors (Lipinski definition) is 5. The number of nitrogens with one attached hydrogen (secondary N) is 1. The minimum Gasteiger partial charge on any atom is -0.497 e. The summed E-state index contributed by atoms with van der Waals surface area (Å²) in [5.74, 6) is 0.983. The summed E-state index contributed by atoms with van der Waals surface area (Å²) in [5.41, 5.74) is 0.963. The summed E-state index contributed by atoms with van der Waals surface area (Å²) in [6.45, 7) is 3.65. The van der Waals surface area contributed by atoms with Crippen molar-refractivity contribution in [2.75, 3.05) is 27.3 Å². The van der Waals surface area contributed by atoms with Crippen LogP contribution in [0.1, 0.15) is 12.5 Å². The fraction of sp³-hybridized carbons (Fsp3) is 0.350. The molecular formula is C20H26N2O5S. The summed E-state index contributed by atoms with van der Waals surface area (Å²) < 4.78 is 36.8. The van der Waals surface area contributed by atoms with Crippen LogP contribution in [0, 0.1) is 6.92 Å². The normalized spacial score (nSPS) is 12.5. The van der Waals surface area contributed by atoms with Crippen LogP contribution in [0.4, 0.5) is 0 Å². The summed E-state index contributed by atoms with van der Waals surface area (Å²) in [6, 6.07) is 13.3. The van der Waals surface area contributed by atoms with E-state index in [9.17, 15) is 13.2 Å². The molecule has 0 unspecified atom stereocenters. The molecule has 0 heterocycles. The Balaban J connectivity index is 1.85. The third kappa shape index (κ3) is 5.97. The highest BCUT2D eigenvalue weighted by molar-refractivity contribution is 7.89. The molecule has 7 nitrogen and oxygen atoms in total. The molecule has 1 N–H and O–H groups in total. The van der Waals surface area contributed by atoms with Crippen molar-refractivity contribution in [1.82, 2.24) is 9.62 Å². The first-order valence-electron chi connectivity index (χ1n) is 8.81. The van der Waals surface area contributed by atoms with Crippen LogP contribution in [0.5, 0.6) is 11.5 Å². The first kappa shape index (κ1) is 21.7. The van der Waals surface area contributed by atoms with Gasteiger partial charge in [-0.3, -0.25) is 4.79 Å². The van der Waals surface area contributed by atoms with Crippen molar-refractivity contribution in [3.63, 3.8) is 0 Å². The summed E-state index contributed by atoms with van der Waals surface area (Å²) in [6.07, 6.45) is 0. The number of nitrogens with zero attached hydrogens (tertiary/aromatic N) is 1. The topological polar surface area (TPSA) is 84.9 Å². The number of hydrogen-bond donors (Lipinski definition) is 1. The lowest BCUT2D eigenvalue weighted by Crippen LogP contribution is -2.43. The smallest absolute Gasteiger partial charge is 0.243 e. The third-order valence-corrected chi connectivity index (χ3v) is 5.88. The van der Waals surface area contributed by atoms with E-state index in [0.29, 0.717) is 5.75 Å². The highest BCUT2D eigenvalue weighted by Crippen LogP contribution is 2.17. The number of ether oxygens (including phenoxy) is 2. The highest BCUT2D eigenvalue weighted by atomic mass is 32.2. The van der Waals surface area contributed by atoms with Gasteiger partial charge in [0.05, 0.1) is 24.6 Å². The van der Waals surface area contributed by atoms with Crippen LogP contribution in [-0.2, 0) is 14.8 Å². The molecule has 0 aliphatic heterocycles. The van der Waals surface area contributed by atoms with E-state index in [1.807, 2.05) is 6.92 Å². The first-order chi connectivity index (χ1) is 13.2. The molecule has 8 heteroatoms. The van der Waals surface area contributed by atoms with Gasteiger partial charge in [-0.2, -0.15) is 4.31 Å². The van der Waals surface area contributed by atoms with Crippen molar-refractivity contribution in [2.24, 2.45) is 0 Å². The molecule has 0 saturated carbocycles. The zero-order chi connectivity index (χ0) is 20.7. The second-order valence-corrected chi connectivity index (χ2v) is 8.57. The van der Waals surface area contributed by atoms with Crippen molar-refractivity contribution in [2.45, 2.75) is 24.8 Å². The molecule has 2 aromatic carbocycles. The van der Waals surface area contributed by atoms with E-state index in [1.165, 1.54) is 19.2 Å². The summed E-state index contributed by atoms with van der Waals surface area (Å²) >= 11 is 0. The number of likely N-dealkylation sites (N-methyl/N-ethyl adjacent to an activating group) is 1. The molecule has 0 fully saturated rings. The van der Waals surface area contributed by atoms with Crippen molar-refractivity contribution in [3.8, 4) is 11.5 Å². The Morgan fingerprint density at radius 2 is 1.64 bits per heavy atom. The lowest BCUT2D eigenvalue weighted by Gasteiger charge is -2.19. The zero-order valence-corrected chi connectivity index (χ0v) is 17.3. The second kappa shape index (κ2) is 9.57. The minimum atomic E-state index is -3.72. The van der Waals surface area contributed by atoms with Gasteiger partial charge in [0.25, 0.3) is 0 Å². The summed E-state index contributed by atoms with van der Waals surface area (Å²) in [5, 5.41) is 2.74. The van der Waals surface area contributed by atoms with E-state index >= 15 is 0 Å². The van der Waals surface area contributed by atoms with Gasteiger partial charge < -0.3 is 14.8 Å². The molecule has 2 rings (SSSR count). The van der Waals surface area contributed by atoms with Crippen molar-refractivity contribution in [1.29, 1.82) is 0 Å². The fourth-order valence-corrected chi connectivity index (χ4v) is 3.56. The second-order valence-electron chi connectivity index (χ2n) is 6.53. The van der Waals surface area contributed by atoms with Crippen molar-refractivity contribution >= 4 is 15.9 Å². The highest BCUT2D eigenvalue weighted by Gasteiger charge is 2.23. The van der Waals surface area contributed by atoms with Crippen LogP contribution < -0.4 is 14.8 Å². The number of rotatable bonds is 9. The number of sulfonamides is 1. The predicted molar refractivity (Wildman–Crippen MR) is 107 cm³/mol. The van der Waals surface area contributed by atoms with Gasteiger partial charge in [0.15, 0.2) is 0 Å². The first-order valence-corrected chi connectivity index (χ1v) is 10.3. The zero-order valence-electron chi connectivity index (χ0n) is 16.5. The Bertz CT molecular complexity index is 880. The average molecular weight is 407 g/mol. The van der Waals surface area contributed by atoms with Crippen LogP contribution in [0.25, 0.3) is 0 Å². The van der Waals surface area contributed by atoms with Gasteiger partial charge in [0.1, 0.15) is 18.1 Å². The maximum Gasteiger partial charge on any atom is 0.243 e. The molecule has 0 saturated heterocycles. The lowest BCUT2D eigenvalue weighted by atomic mass is 10.2. The molecule has 0 bridgehead atoms. The van der Waals surface area contributed by atoms with Gasteiger partial charge in [-0.1, -0.05) is 17.7 Å². The molecular weight excluding hydrogens is 380 g/mol. The molecule has 1 atom stereocenters. The van der Waals surface area contributed by atoms with Gasteiger partial charge >= 0.3 is 0 Å². The van der Waals surface area contributed by atoms with E-state index in [4.69, 9.17) is 9.47 Å². The van der Waals surface area contributed by atoms with E-state index in [-0.39, 0.29) is 24.1 Å². The van der Waals surface area contributed by atoms with E-state index < -0.39 is 15.9 Å². The van der Waals surface area contributed by atoms with E-state index in [0.717, 1.165) is 15.6 Å². The molecule has 0 radical (unpaired) electrons. The molecule has 0 aromatic heterocycles. The minimum absolute atomic E-state index is 0.157. The third-order valence-electron chi connectivity index (χ3n) is 4.06. The maximum atomic E-state index is 12.5. The van der Waals surface area contributed by atoms with Crippen LogP contribution in [-0.4, -0.2) is 52.0 Å². The Morgan fingerprint density at radius 3 is 2.21 bits per heavy atom. The van der Waals surface area contributed by atoms with Gasteiger partial charge in [0, 0.05) is 7.05 Å². The predicted octanol–water partition coefficient (Wildman–Crippen LogP) is 2.21. The Labute approximate surface area is 166 Å². The van der Waals surface area contributed by atoms with Crippen LogP contribution in [0.15, 0.2) is 53.4 Å². The molecule has 0 aliphatic carbocycles. The maximum absolute atomic E-state index is 12.5. The summed E-state index contributed by atoms with van der Waals surface area (Å²) in [4.78, 5) is 12.4. The molecule has 1 amide bonds. The average Bonchev–Trinajstić information content (AvgIpc) is 2.67. The fourth-order valence-electron chi connectivity index (χ4n) is 2.43. The van der Waals surface area contributed by atoms with Crippen LogP contribution in [0.3, 0.4) is 0 Å². The van der Waals surface area contributed by atoms with Gasteiger partial charge in [0.2, 0.25) is 15.9 Å². The monoisotopic (exact) mass is 406 g/mol. The van der Waals surface area contributed by atoms with Crippen LogP contribution in [0.2, 0.25) is 0 Å². The van der Waals surface area contributed by atoms with Crippen LogP contribution >= 0.6 is 0 Å². The molecule has 0 spiro atoms. The number of benzene rings is 2. The van der Waals surface area contributed by atoms with Gasteiger partial charge in [-0.15, -0.1) is 0 Å². The number of methoxy groups -OCH3 is 1. The van der Waals surface area contributed by atoms with Gasteiger partial charge in [-0.05, 0) is 50.2 Å². The number of aryl methyl sites for hydroxylation is 1. The lowest BCUT2D eigenvalue weighted by molar-refractivity contribution is -0.121. The number of carbonyl (C=O) groups excluding carboxylic acids is 1. The molecule has 0 aliphatic rings. The van der Waals surface area contributed by atoms with E-state index in [1.54, 1.807) is 50.4 Å². The Hall–Kier alpha value is -2.58. The molecule has 2 aromatic rings. The number of carbonyl (C=O) groups is 1. The van der Waals surface area contributed by atoms with Crippen molar-refractivity contribution < 1.29 is 22.7 Å².